The lowest BCUT2D eigenvalue weighted by Crippen LogP contribution is -2.33. The number of allylic oxidation sites excluding steroid dienone is 4. The maximum atomic E-state index is 6.62. The molecule has 0 N–H and O–H groups in total. The first-order valence-electron chi connectivity index (χ1n) is 10.9. The summed E-state index contributed by atoms with van der Waals surface area (Å²) in [7, 11) is 0. The number of hydrogen-bond donors (Lipinski definition) is 0. The Labute approximate surface area is 163 Å². The predicted octanol–water partition coefficient (Wildman–Crippen LogP) is 8.56. The van der Waals surface area contributed by atoms with Gasteiger partial charge in [-0.15, -0.1) is 11.6 Å². The lowest BCUT2D eigenvalue weighted by molar-refractivity contribution is 0.122. The molecule has 0 radical (unpaired) electrons. The van der Waals surface area contributed by atoms with Crippen molar-refractivity contribution in [3.63, 3.8) is 0 Å². The highest BCUT2D eigenvalue weighted by atomic mass is 35.5. The summed E-state index contributed by atoms with van der Waals surface area (Å²) in [6, 6.07) is 0. The molecule has 0 heterocycles. The van der Waals surface area contributed by atoms with Crippen LogP contribution in [0, 0.1) is 23.2 Å². The summed E-state index contributed by atoms with van der Waals surface area (Å²) in [6.07, 6.45) is 18.5. The highest BCUT2D eigenvalue weighted by molar-refractivity contribution is 6.20. The molecule has 0 amide bonds. The van der Waals surface area contributed by atoms with Crippen molar-refractivity contribution in [1.82, 2.24) is 0 Å². The van der Waals surface area contributed by atoms with Crippen molar-refractivity contribution in [3.8, 4) is 0 Å². The Kier molecular flexibility index (Phi) is 10.5. The molecule has 0 bridgehead atoms. The van der Waals surface area contributed by atoms with E-state index < -0.39 is 0 Å². The summed E-state index contributed by atoms with van der Waals surface area (Å²) in [5, 5.41) is 0.302. The highest BCUT2D eigenvalue weighted by Crippen LogP contribution is 2.44. The minimum atomic E-state index is 0.302. The molecule has 0 aromatic carbocycles. The first-order chi connectivity index (χ1) is 11.9. The molecule has 0 aliphatic heterocycles. The third-order valence-electron chi connectivity index (χ3n) is 7.14. The van der Waals surface area contributed by atoms with Crippen LogP contribution < -0.4 is 0 Å². The molecule has 5 unspecified atom stereocenters. The van der Waals surface area contributed by atoms with Gasteiger partial charge in [0, 0.05) is 5.38 Å². The average Bonchev–Trinajstić information content (AvgIpc) is 2.64. The van der Waals surface area contributed by atoms with Gasteiger partial charge in [-0.1, -0.05) is 97.4 Å². The van der Waals surface area contributed by atoms with Gasteiger partial charge < -0.3 is 0 Å². The summed E-state index contributed by atoms with van der Waals surface area (Å²) in [5.41, 5.74) is 1.88. The Morgan fingerprint density at radius 3 is 2.32 bits per heavy atom. The van der Waals surface area contributed by atoms with Crippen molar-refractivity contribution >= 4 is 11.6 Å². The van der Waals surface area contributed by atoms with Crippen LogP contribution in [0.3, 0.4) is 0 Å². The van der Waals surface area contributed by atoms with Crippen LogP contribution in [0.25, 0.3) is 0 Å². The van der Waals surface area contributed by atoms with E-state index in [1.807, 2.05) is 0 Å². The fourth-order valence-corrected chi connectivity index (χ4v) is 4.50. The van der Waals surface area contributed by atoms with Crippen LogP contribution in [0.5, 0.6) is 0 Å². The minimum absolute atomic E-state index is 0.302. The van der Waals surface area contributed by atoms with Crippen molar-refractivity contribution in [2.24, 2.45) is 23.2 Å². The van der Waals surface area contributed by atoms with E-state index in [0.717, 1.165) is 24.7 Å². The molecular formula is C24H43Cl. The van der Waals surface area contributed by atoms with Gasteiger partial charge in [0.15, 0.2) is 0 Å². The van der Waals surface area contributed by atoms with Crippen molar-refractivity contribution < 1.29 is 0 Å². The van der Waals surface area contributed by atoms with Gasteiger partial charge in [0.05, 0.1) is 0 Å². The van der Waals surface area contributed by atoms with Gasteiger partial charge in [0.25, 0.3) is 0 Å². The van der Waals surface area contributed by atoms with Gasteiger partial charge in [-0.2, -0.15) is 0 Å². The summed E-state index contributed by atoms with van der Waals surface area (Å²) < 4.78 is 0. The third-order valence-corrected chi connectivity index (χ3v) is 7.51. The zero-order valence-corrected chi connectivity index (χ0v) is 18.5. The van der Waals surface area contributed by atoms with Crippen LogP contribution >= 0.6 is 11.6 Å². The molecule has 0 fully saturated rings. The van der Waals surface area contributed by atoms with E-state index in [0.29, 0.717) is 16.7 Å². The maximum Gasteiger partial charge on any atom is 0.0376 e. The van der Waals surface area contributed by atoms with Gasteiger partial charge in [0.2, 0.25) is 0 Å². The number of rotatable bonds is 12. The standard InChI is InChI=1S/C24H43Cl/c1-7-19(4)12-10-11-13-23(25)18-21-14-16-22(17-15-21)24(6,9-3)20(5)8-2/h14-16,19-20,22-23H,7-13,17-18H2,1-6H3. The Morgan fingerprint density at radius 1 is 1.12 bits per heavy atom. The average molecular weight is 367 g/mol. The molecule has 0 aromatic rings. The van der Waals surface area contributed by atoms with Crippen LogP contribution in [-0.4, -0.2) is 5.38 Å². The van der Waals surface area contributed by atoms with E-state index >= 15 is 0 Å². The maximum absolute atomic E-state index is 6.62. The smallest absolute Gasteiger partial charge is 0.0376 e. The molecular weight excluding hydrogens is 324 g/mol. The Morgan fingerprint density at radius 2 is 1.80 bits per heavy atom. The topological polar surface area (TPSA) is 0 Å². The van der Waals surface area contributed by atoms with Crippen molar-refractivity contribution in [2.45, 2.75) is 105 Å². The fourth-order valence-electron chi connectivity index (χ4n) is 4.17. The monoisotopic (exact) mass is 366 g/mol. The third kappa shape index (κ3) is 7.12. The molecule has 1 aliphatic carbocycles. The molecule has 25 heavy (non-hydrogen) atoms. The van der Waals surface area contributed by atoms with Gasteiger partial charge in [-0.05, 0) is 48.9 Å². The van der Waals surface area contributed by atoms with E-state index in [1.165, 1.54) is 50.5 Å². The van der Waals surface area contributed by atoms with Gasteiger partial charge >= 0.3 is 0 Å². The van der Waals surface area contributed by atoms with Crippen molar-refractivity contribution in [2.75, 3.05) is 0 Å². The summed E-state index contributed by atoms with van der Waals surface area (Å²) >= 11 is 6.62. The van der Waals surface area contributed by atoms with Crippen LogP contribution in [0.15, 0.2) is 23.8 Å². The van der Waals surface area contributed by atoms with Crippen molar-refractivity contribution in [1.29, 1.82) is 0 Å². The van der Waals surface area contributed by atoms with Gasteiger partial charge in [-0.3, -0.25) is 0 Å². The minimum Gasteiger partial charge on any atom is -0.123 e. The molecule has 0 saturated heterocycles. The molecule has 5 atom stereocenters. The number of halogens is 1. The largest absolute Gasteiger partial charge is 0.123 e. The lowest BCUT2D eigenvalue weighted by atomic mass is 9.64. The van der Waals surface area contributed by atoms with Crippen LogP contribution in [0.1, 0.15) is 99.3 Å². The van der Waals surface area contributed by atoms with Crippen LogP contribution in [0.4, 0.5) is 0 Å². The van der Waals surface area contributed by atoms with Crippen LogP contribution in [-0.2, 0) is 0 Å². The fraction of sp³-hybridized carbons (Fsp3) is 0.833. The number of alkyl halides is 1. The first kappa shape index (κ1) is 22.8. The molecule has 0 saturated carbocycles. The lowest BCUT2D eigenvalue weighted by Gasteiger charge is -2.41. The molecule has 146 valence electrons. The van der Waals surface area contributed by atoms with E-state index in [2.05, 4.69) is 59.8 Å². The van der Waals surface area contributed by atoms with Gasteiger partial charge in [0.1, 0.15) is 0 Å². The number of unbranched alkanes of at least 4 members (excludes halogenated alkanes) is 1. The van der Waals surface area contributed by atoms with E-state index in [4.69, 9.17) is 11.6 Å². The summed E-state index contributed by atoms with van der Waals surface area (Å²) in [5.74, 6) is 2.32. The second-order valence-electron chi connectivity index (χ2n) is 8.75. The molecule has 0 spiro atoms. The SMILES string of the molecule is CCC(C)CCCCC(Cl)CC1=CCC(C(C)(CC)C(C)CC)C=C1. The van der Waals surface area contributed by atoms with Gasteiger partial charge in [-0.25, -0.2) is 0 Å². The summed E-state index contributed by atoms with van der Waals surface area (Å²) in [4.78, 5) is 0. The quantitative estimate of drug-likeness (QED) is 0.239. The Balaban J connectivity index is 2.41. The summed E-state index contributed by atoms with van der Waals surface area (Å²) in [6.45, 7) is 14.2. The van der Waals surface area contributed by atoms with E-state index in [9.17, 15) is 0 Å². The van der Waals surface area contributed by atoms with Crippen LogP contribution in [0.2, 0.25) is 0 Å². The molecule has 1 heteroatoms. The molecule has 0 aromatic heterocycles. The molecule has 1 rings (SSSR count). The normalized spacial score (nSPS) is 23.6. The highest BCUT2D eigenvalue weighted by Gasteiger charge is 2.35. The Bertz CT molecular complexity index is 422. The van der Waals surface area contributed by atoms with E-state index in [-0.39, 0.29) is 0 Å². The molecule has 0 nitrogen and oxygen atoms in total. The van der Waals surface area contributed by atoms with E-state index in [1.54, 1.807) is 0 Å². The Hall–Kier alpha value is -0.230. The predicted molar refractivity (Wildman–Crippen MR) is 115 cm³/mol. The zero-order chi connectivity index (χ0) is 18.9. The second kappa shape index (κ2) is 11.5. The van der Waals surface area contributed by atoms with Crippen molar-refractivity contribution in [3.05, 3.63) is 23.8 Å². The first-order valence-corrected chi connectivity index (χ1v) is 11.3. The zero-order valence-electron chi connectivity index (χ0n) is 17.8. The number of hydrogen-bond acceptors (Lipinski definition) is 0. The second-order valence-corrected chi connectivity index (χ2v) is 9.37. The molecule has 1 aliphatic rings.